The van der Waals surface area contributed by atoms with E-state index in [4.69, 9.17) is 0 Å². The Hall–Kier alpha value is -3.22. The maximum Gasteiger partial charge on any atom is 0.229 e. The van der Waals surface area contributed by atoms with Crippen LogP contribution in [0.5, 0.6) is 0 Å². The van der Waals surface area contributed by atoms with Crippen molar-refractivity contribution in [3.63, 3.8) is 0 Å². The summed E-state index contributed by atoms with van der Waals surface area (Å²) in [5.74, 6) is -0.596. The second kappa shape index (κ2) is 8.03. The largest absolute Gasteiger partial charge is 0.368 e. The van der Waals surface area contributed by atoms with Crippen molar-refractivity contribution in [3.8, 4) is 0 Å². The van der Waals surface area contributed by atoms with Gasteiger partial charge in [-0.1, -0.05) is 12.1 Å². The molecule has 1 fully saturated rings. The zero-order chi connectivity index (χ0) is 20.4. The number of halogens is 2. The summed E-state index contributed by atoms with van der Waals surface area (Å²) in [6, 6.07) is 14.1. The smallest absolute Gasteiger partial charge is 0.229 e. The topological polar surface area (TPSA) is 44.3 Å². The molecule has 0 radical (unpaired) electrons. The molecule has 0 unspecified atom stereocenters. The predicted octanol–water partition coefficient (Wildman–Crippen LogP) is 4.44. The van der Waals surface area contributed by atoms with Crippen molar-refractivity contribution in [1.82, 2.24) is 9.97 Å². The van der Waals surface area contributed by atoms with Gasteiger partial charge >= 0.3 is 0 Å². The third-order valence-corrected chi connectivity index (χ3v) is 4.99. The van der Waals surface area contributed by atoms with Gasteiger partial charge in [-0.3, -0.25) is 0 Å². The Bertz CT molecular complexity index is 1020. The molecule has 150 valence electrons. The van der Waals surface area contributed by atoms with Crippen LogP contribution in [0.1, 0.15) is 11.3 Å². The first kappa shape index (κ1) is 19.1. The zero-order valence-corrected chi connectivity index (χ0v) is 16.5. The molecule has 7 heteroatoms. The van der Waals surface area contributed by atoms with Gasteiger partial charge in [0.15, 0.2) is 11.6 Å². The molecule has 0 saturated carbocycles. The Morgan fingerprint density at radius 2 is 1.59 bits per heavy atom. The van der Waals surface area contributed by atoms with Crippen LogP contribution in [-0.4, -0.2) is 36.1 Å². The van der Waals surface area contributed by atoms with Crippen LogP contribution in [0, 0.1) is 25.5 Å². The highest BCUT2D eigenvalue weighted by atomic mass is 19.2. The summed E-state index contributed by atoms with van der Waals surface area (Å²) in [7, 11) is 0. The minimum atomic E-state index is -0.907. The summed E-state index contributed by atoms with van der Waals surface area (Å²) >= 11 is 0. The molecule has 1 N–H and O–H groups in total. The summed E-state index contributed by atoms with van der Waals surface area (Å²) in [5, 5.41) is 2.97. The van der Waals surface area contributed by atoms with Crippen LogP contribution in [0.4, 0.5) is 31.9 Å². The van der Waals surface area contributed by atoms with Crippen molar-refractivity contribution in [2.75, 3.05) is 41.3 Å². The van der Waals surface area contributed by atoms with Gasteiger partial charge in [-0.15, -0.1) is 0 Å². The molecule has 0 bridgehead atoms. The Balaban J connectivity index is 1.47. The lowest BCUT2D eigenvalue weighted by Gasteiger charge is -2.37. The number of piperazine rings is 1. The van der Waals surface area contributed by atoms with Crippen LogP contribution < -0.4 is 15.1 Å². The summed E-state index contributed by atoms with van der Waals surface area (Å²) in [6.45, 7) is 7.48. The Morgan fingerprint density at radius 3 is 2.31 bits per heavy atom. The maximum absolute atomic E-state index is 13.5. The van der Waals surface area contributed by atoms with E-state index in [1.165, 1.54) is 17.3 Å². The van der Waals surface area contributed by atoms with Gasteiger partial charge in [-0.2, -0.15) is 4.98 Å². The fourth-order valence-corrected chi connectivity index (χ4v) is 3.49. The molecule has 1 saturated heterocycles. The van der Waals surface area contributed by atoms with Gasteiger partial charge in [0, 0.05) is 55.4 Å². The second-order valence-electron chi connectivity index (χ2n) is 7.26. The van der Waals surface area contributed by atoms with Crippen LogP contribution in [0.2, 0.25) is 0 Å². The third-order valence-electron chi connectivity index (χ3n) is 4.99. The number of hydrogen-bond acceptors (Lipinski definition) is 5. The van der Waals surface area contributed by atoms with Crippen molar-refractivity contribution >= 4 is 23.1 Å². The molecule has 1 aromatic heterocycles. The third kappa shape index (κ3) is 4.45. The number of aromatic nitrogens is 2. The Morgan fingerprint density at radius 1 is 0.828 bits per heavy atom. The van der Waals surface area contributed by atoms with E-state index in [0.29, 0.717) is 11.6 Å². The summed E-state index contributed by atoms with van der Waals surface area (Å²) in [5.41, 5.74) is 3.71. The predicted molar refractivity (Wildman–Crippen MR) is 112 cm³/mol. The number of aryl methyl sites for hydroxylation is 2. The fourth-order valence-electron chi connectivity index (χ4n) is 3.49. The highest BCUT2D eigenvalue weighted by molar-refractivity contribution is 5.56. The van der Waals surface area contributed by atoms with Gasteiger partial charge in [0.25, 0.3) is 0 Å². The lowest BCUT2D eigenvalue weighted by atomic mass is 10.2. The van der Waals surface area contributed by atoms with Gasteiger partial charge in [0.1, 0.15) is 5.82 Å². The average Bonchev–Trinajstić information content (AvgIpc) is 2.70. The molecular weight excluding hydrogens is 372 g/mol. The van der Waals surface area contributed by atoms with Gasteiger partial charge in [0.05, 0.1) is 0 Å². The lowest BCUT2D eigenvalue weighted by Crippen LogP contribution is -2.47. The van der Waals surface area contributed by atoms with Crippen LogP contribution in [0.15, 0.2) is 48.5 Å². The van der Waals surface area contributed by atoms with E-state index in [1.807, 2.05) is 13.0 Å². The molecule has 1 aliphatic heterocycles. The van der Waals surface area contributed by atoms with Crippen molar-refractivity contribution in [2.45, 2.75) is 13.8 Å². The van der Waals surface area contributed by atoms with E-state index in [1.54, 1.807) is 0 Å². The zero-order valence-electron chi connectivity index (χ0n) is 16.5. The highest BCUT2D eigenvalue weighted by Crippen LogP contribution is 2.23. The molecule has 2 aromatic carbocycles. The maximum atomic E-state index is 13.5. The minimum absolute atomic E-state index is 0.368. The molecule has 0 atom stereocenters. The number of anilines is 4. The second-order valence-corrected chi connectivity index (χ2v) is 7.26. The number of nitrogens with zero attached hydrogens (tertiary/aromatic N) is 4. The first-order valence-electron chi connectivity index (χ1n) is 9.62. The van der Waals surface area contributed by atoms with E-state index in [2.05, 4.69) is 56.3 Å². The molecule has 0 amide bonds. The number of nitrogens with one attached hydrogen (secondary N) is 1. The fraction of sp³-hybridized carbons (Fsp3) is 0.273. The van der Waals surface area contributed by atoms with Crippen LogP contribution in [0.25, 0.3) is 0 Å². The van der Waals surface area contributed by atoms with E-state index < -0.39 is 11.6 Å². The Kier molecular flexibility index (Phi) is 5.29. The van der Waals surface area contributed by atoms with Crippen LogP contribution in [-0.2, 0) is 0 Å². The monoisotopic (exact) mass is 395 g/mol. The molecule has 5 nitrogen and oxygen atoms in total. The molecule has 29 heavy (non-hydrogen) atoms. The van der Waals surface area contributed by atoms with Crippen molar-refractivity contribution in [3.05, 3.63) is 71.4 Å². The summed E-state index contributed by atoms with van der Waals surface area (Å²) < 4.78 is 26.6. The van der Waals surface area contributed by atoms with Gasteiger partial charge in [0.2, 0.25) is 5.95 Å². The van der Waals surface area contributed by atoms with Crippen molar-refractivity contribution in [1.29, 1.82) is 0 Å². The summed E-state index contributed by atoms with van der Waals surface area (Å²) in [6.07, 6.45) is 0. The number of rotatable bonds is 4. The molecule has 0 spiro atoms. The van der Waals surface area contributed by atoms with E-state index in [-0.39, 0.29) is 0 Å². The highest BCUT2D eigenvalue weighted by Gasteiger charge is 2.19. The average molecular weight is 395 g/mol. The van der Waals surface area contributed by atoms with Crippen molar-refractivity contribution in [2.24, 2.45) is 0 Å². The first-order valence-corrected chi connectivity index (χ1v) is 9.62. The molecule has 3 aromatic rings. The van der Waals surface area contributed by atoms with Crippen LogP contribution in [0.3, 0.4) is 0 Å². The minimum Gasteiger partial charge on any atom is -0.368 e. The molecular formula is C22H23F2N5. The van der Waals surface area contributed by atoms with E-state index in [9.17, 15) is 8.78 Å². The SMILES string of the molecule is Cc1cccc(N2CCN(c3cc(C)nc(Nc4ccc(F)c(F)c4)n3)CC2)c1. The molecule has 1 aliphatic rings. The first-order chi connectivity index (χ1) is 14.0. The van der Waals surface area contributed by atoms with E-state index in [0.717, 1.165) is 49.8 Å². The molecule has 0 aliphatic carbocycles. The van der Waals surface area contributed by atoms with Gasteiger partial charge in [-0.25, -0.2) is 13.8 Å². The summed E-state index contributed by atoms with van der Waals surface area (Å²) in [4.78, 5) is 13.6. The number of hydrogen-bond donors (Lipinski definition) is 1. The molecule has 4 rings (SSSR count). The number of benzene rings is 2. The van der Waals surface area contributed by atoms with Crippen molar-refractivity contribution < 1.29 is 8.78 Å². The standard InChI is InChI=1S/C22H23F2N5/c1-15-4-3-5-18(12-15)28-8-10-29(11-9-28)21-13-16(2)25-22(27-21)26-17-6-7-19(23)20(24)14-17/h3-7,12-14H,8-11H2,1-2H3,(H,25,26,27). The Labute approximate surface area is 169 Å². The van der Waals surface area contributed by atoms with Gasteiger partial charge < -0.3 is 15.1 Å². The lowest BCUT2D eigenvalue weighted by molar-refractivity contribution is 0.509. The van der Waals surface area contributed by atoms with E-state index >= 15 is 0 Å². The quantitative estimate of drug-likeness (QED) is 0.708. The van der Waals surface area contributed by atoms with Gasteiger partial charge in [-0.05, 0) is 43.7 Å². The van der Waals surface area contributed by atoms with Crippen LogP contribution >= 0.6 is 0 Å². The normalized spacial score (nSPS) is 14.2. The molecule has 2 heterocycles.